The van der Waals surface area contributed by atoms with Crippen LogP contribution in [0.5, 0.6) is 17.2 Å². The number of aromatic hydroxyl groups is 1. The molecular weight excluding hydrogens is 383 g/mol. The van der Waals surface area contributed by atoms with Gasteiger partial charge >= 0.3 is 0 Å². The first-order chi connectivity index (χ1) is 14.5. The Kier molecular flexibility index (Phi) is 5.11. The van der Waals surface area contributed by atoms with Crippen LogP contribution < -0.4 is 9.47 Å². The van der Waals surface area contributed by atoms with Gasteiger partial charge in [-0.2, -0.15) is 0 Å². The van der Waals surface area contributed by atoms with E-state index in [1.807, 2.05) is 24.3 Å². The molecule has 0 aromatic heterocycles. The first-order valence-electron chi connectivity index (χ1n) is 9.30. The molecular formula is C25H19FO4. The highest BCUT2D eigenvalue weighted by molar-refractivity contribution is 6.20. The van der Waals surface area contributed by atoms with Crippen LogP contribution in [0.4, 0.5) is 4.39 Å². The number of fused-ring (bicyclic) bond motifs is 1. The number of benzene rings is 4. The van der Waals surface area contributed by atoms with Gasteiger partial charge in [0.2, 0.25) is 0 Å². The molecule has 1 N–H and O–H groups in total. The third-order valence-electron chi connectivity index (χ3n) is 5.05. The van der Waals surface area contributed by atoms with Crippen molar-refractivity contribution in [1.82, 2.24) is 0 Å². The summed E-state index contributed by atoms with van der Waals surface area (Å²) in [5, 5.41) is 11.2. The molecule has 0 amide bonds. The van der Waals surface area contributed by atoms with Gasteiger partial charge in [-0.25, -0.2) is 4.39 Å². The van der Waals surface area contributed by atoms with E-state index in [1.54, 1.807) is 37.4 Å². The molecule has 0 unspecified atom stereocenters. The van der Waals surface area contributed by atoms with Crippen molar-refractivity contribution in [2.75, 3.05) is 14.2 Å². The summed E-state index contributed by atoms with van der Waals surface area (Å²) in [6, 6.07) is 19.9. The number of hydrogen-bond donors (Lipinski definition) is 1. The summed E-state index contributed by atoms with van der Waals surface area (Å²) < 4.78 is 24.4. The fourth-order valence-corrected chi connectivity index (χ4v) is 3.50. The third kappa shape index (κ3) is 3.46. The monoisotopic (exact) mass is 402 g/mol. The third-order valence-corrected chi connectivity index (χ3v) is 5.05. The van der Waals surface area contributed by atoms with Crippen molar-refractivity contribution >= 4 is 16.6 Å². The second kappa shape index (κ2) is 7.87. The molecule has 0 saturated carbocycles. The summed E-state index contributed by atoms with van der Waals surface area (Å²) in [7, 11) is 2.99. The van der Waals surface area contributed by atoms with E-state index in [4.69, 9.17) is 9.47 Å². The van der Waals surface area contributed by atoms with Crippen LogP contribution in [0.2, 0.25) is 0 Å². The second-order valence-electron chi connectivity index (χ2n) is 6.80. The summed E-state index contributed by atoms with van der Waals surface area (Å²) in [6.07, 6.45) is 0. The summed E-state index contributed by atoms with van der Waals surface area (Å²) in [5.74, 6) is 0.187. The molecule has 4 rings (SSSR count). The molecule has 4 nitrogen and oxygen atoms in total. The SMILES string of the molecule is COc1ccc2c(C(=O)c3ccc(O)cc3)c(-c3ccc(F)c(OC)c3)ccc2c1. The molecule has 0 radical (unpaired) electrons. The maximum Gasteiger partial charge on any atom is 0.194 e. The van der Waals surface area contributed by atoms with Crippen LogP contribution in [0.3, 0.4) is 0 Å². The first kappa shape index (κ1) is 19.5. The van der Waals surface area contributed by atoms with Gasteiger partial charge in [0.1, 0.15) is 11.5 Å². The van der Waals surface area contributed by atoms with Gasteiger partial charge in [-0.1, -0.05) is 18.2 Å². The van der Waals surface area contributed by atoms with Crippen molar-refractivity contribution in [1.29, 1.82) is 0 Å². The molecule has 0 aliphatic rings. The van der Waals surface area contributed by atoms with Crippen LogP contribution in [0.1, 0.15) is 15.9 Å². The van der Waals surface area contributed by atoms with Crippen molar-refractivity contribution < 1.29 is 23.8 Å². The number of methoxy groups -OCH3 is 2. The first-order valence-corrected chi connectivity index (χ1v) is 9.30. The predicted octanol–water partition coefficient (Wildman–Crippen LogP) is 5.60. The highest BCUT2D eigenvalue weighted by atomic mass is 19.1. The van der Waals surface area contributed by atoms with Gasteiger partial charge in [-0.15, -0.1) is 0 Å². The van der Waals surface area contributed by atoms with Crippen LogP contribution in [0.25, 0.3) is 21.9 Å². The molecule has 0 saturated heterocycles. The van der Waals surface area contributed by atoms with E-state index in [1.165, 1.54) is 25.3 Å². The summed E-state index contributed by atoms with van der Waals surface area (Å²) in [6.45, 7) is 0. The molecule has 0 aliphatic heterocycles. The fraction of sp³-hybridized carbons (Fsp3) is 0.0800. The number of carbonyl (C=O) groups is 1. The van der Waals surface area contributed by atoms with E-state index < -0.39 is 5.82 Å². The molecule has 0 bridgehead atoms. The average molecular weight is 402 g/mol. The zero-order valence-corrected chi connectivity index (χ0v) is 16.5. The highest BCUT2D eigenvalue weighted by Crippen LogP contribution is 2.35. The summed E-state index contributed by atoms with van der Waals surface area (Å²) in [5.41, 5.74) is 2.23. The van der Waals surface area contributed by atoms with Gasteiger partial charge < -0.3 is 14.6 Å². The Hall–Kier alpha value is -3.86. The molecule has 0 heterocycles. The van der Waals surface area contributed by atoms with Crippen LogP contribution in [0.15, 0.2) is 72.8 Å². The van der Waals surface area contributed by atoms with Gasteiger partial charge in [0.15, 0.2) is 17.3 Å². The highest BCUT2D eigenvalue weighted by Gasteiger charge is 2.20. The molecule has 5 heteroatoms. The Morgan fingerprint density at radius 1 is 0.867 bits per heavy atom. The largest absolute Gasteiger partial charge is 0.508 e. The quantitative estimate of drug-likeness (QED) is 0.442. The fourth-order valence-electron chi connectivity index (χ4n) is 3.50. The Morgan fingerprint density at radius 2 is 1.63 bits per heavy atom. The standard InChI is InChI=1S/C25H19FO4/c1-29-19-9-11-21-16(13-19)5-10-20(17-6-12-22(26)23(14-17)30-2)24(21)25(28)15-3-7-18(27)8-4-15/h3-14,27H,1-2H3. The maximum atomic E-state index is 14.0. The molecule has 4 aromatic rings. The van der Waals surface area contributed by atoms with Gasteiger partial charge in [0, 0.05) is 11.1 Å². The van der Waals surface area contributed by atoms with E-state index in [0.29, 0.717) is 28.0 Å². The summed E-state index contributed by atoms with van der Waals surface area (Å²) in [4.78, 5) is 13.5. The van der Waals surface area contributed by atoms with Gasteiger partial charge in [-0.3, -0.25) is 4.79 Å². The van der Waals surface area contributed by atoms with E-state index in [-0.39, 0.29) is 17.3 Å². The number of ketones is 1. The molecule has 0 aliphatic carbocycles. The van der Waals surface area contributed by atoms with Crippen LogP contribution in [0, 0.1) is 5.82 Å². The molecule has 0 atom stereocenters. The van der Waals surface area contributed by atoms with Crippen LogP contribution >= 0.6 is 0 Å². The van der Waals surface area contributed by atoms with E-state index in [0.717, 1.165) is 10.8 Å². The number of phenolic OH excluding ortho intramolecular Hbond substituents is 1. The van der Waals surface area contributed by atoms with Crippen molar-refractivity contribution in [2.24, 2.45) is 0 Å². The van der Waals surface area contributed by atoms with E-state index >= 15 is 0 Å². The Labute approximate surface area is 173 Å². The number of hydrogen-bond acceptors (Lipinski definition) is 4. The van der Waals surface area contributed by atoms with Crippen LogP contribution in [-0.4, -0.2) is 25.1 Å². The van der Waals surface area contributed by atoms with E-state index in [9.17, 15) is 14.3 Å². The smallest absolute Gasteiger partial charge is 0.194 e. The van der Waals surface area contributed by atoms with Gasteiger partial charge in [0.25, 0.3) is 0 Å². The minimum Gasteiger partial charge on any atom is -0.508 e. The Morgan fingerprint density at radius 3 is 2.33 bits per heavy atom. The second-order valence-corrected chi connectivity index (χ2v) is 6.80. The lowest BCUT2D eigenvalue weighted by atomic mass is 9.89. The van der Waals surface area contributed by atoms with Gasteiger partial charge in [0.05, 0.1) is 14.2 Å². The van der Waals surface area contributed by atoms with E-state index in [2.05, 4.69) is 0 Å². The topological polar surface area (TPSA) is 55.8 Å². The molecule has 0 fully saturated rings. The van der Waals surface area contributed by atoms with Crippen molar-refractivity contribution in [2.45, 2.75) is 0 Å². The maximum absolute atomic E-state index is 14.0. The Balaban J connectivity index is 1.99. The zero-order chi connectivity index (χ0) is 21.3. The molecule has 0 spiro atoms. The molecule has 30 heavy (non-hydrogen) atoms. The Bertz CT molecular complexity index is 1250. The van der Waals surface area contributed by atoms with Crippen molar-refractivity contribution in [3.63, 3.8) is 0 Å². The number of carbonyl (C=O) groups excluding carboxylic acids is 1. The van der Waals surface area contributed by atoms with Crippen LogP contribution in [-0.2, 0) is 0 Å². The number of ether oxygens (including phenoxy) is 2. The average Bonchev–Trinajstić information content (AvgIpc) is 2.78. The number of phenols is 1. The minimum absolute atomic E-state index is 0.0812. The lowest BCUT2D eigenvalue weighted by Crippen LogP contribution is -2.05. The van der Waals surface area contributed by atoms with Crippen molar-refractivity contribution in [3.05, 3.63) is 89.7 Å². The summed E-state index contributed by atoms with van der Waals surface area (Å²) >= 11 is 0. The lowest BCUT2D eigenvalue weighted by molar-refractivity contribution is 0.104. The number of halogens is 1. The molecule has 4 aromatic carbocycles. The number of rotatable bonds is 5. The normalized spacial score (nSPS) is 10.8. The predicted molar refractivity (Wildman–Crippen MR) is 114 cm³/mol. The zero-order valence-electron chi connectivity index (χ0n) is 16.5. The molecule has 150 valence electrons. The van der Waals surface area contributed by atoms with Crippen molar-refractivity contribution in [3.8, 4) is 28.4 Å². The van der Waals surface area contributed by atoms with Gasteiger partial charge in [-0.05, 0) is 76.5 Å². The minimum atomic E-state index is -0.474. The lowest BCUT2D eigenvalue weighted by Gasteiger charge is -2.15.